The minimum Gasteiger partial charge on any atom is -0.348 e. The van der Waals surface area contributed by atoms with E-state index in [1.54, 1.807) is 17.5 Å². The van der Waals surface area contributed by atoms with Gasteiger partial charge >= 0.3 is 0 Å². The van der Waals surface area contributed by atoms with Crippen LogP contribution >= 0.6 is 35.1 Å². The highest BCUT2D eigenvalue weighted by molar-refractivity contribution is 7.95. The van der Waals surface area contributed by atoms with Crippen LogP contribution < -0.4 is 15.4 Å². The van der Waals surface area contributed by atoms with E-state index in [-0.39, 0.29) is 23.3 Å². The maximum atomic E-state index is 13.4. The van der Waals surface area contributed by atoms with Crippen molar-refractivity contribution in [1.29, 1.82) is 0 Å². The molecule has 0 spiro atoms. The van der Waals surface area contributed by atoms with Gasteiger partial charge in [0.2, 0.25) is 11.8 Å². The van der Waals surface area contributed by atoms with Gasteiger partial charge in [0.1, 0.15) is 16.9 Å². The maximum Gasteiger partial charge on any atom is 0.242 e. The molecule has 33 heavy (non-hydrogen) atoms. The third-order valence-corrected chi connectivity index (χ3v) is 7.34. The van der Waals surface area contributed by atoms with E-state index in [4.69, 9.17) is 11.6 Å². The number of rotatable bonds is 6. The van der Waals surface area contributed by atoms with Gasteiger partial charge in [0, 0.05) is 24.0 Å². The van der Waals surface area contributed by atoms with Crippen molar-refractivity contribution in [3.05, 3.63) is 70.6 Å². The van der Waals surface area contributed by atoms with Crippen molar-refractivity contribution in [3.63, 3.8) is 0 Å². The average Bonchev–Trinajstić information content (AvgIpc) is 3.30. The lowest BCUT2D eigenvalue weighted by molar-refractivity contribution is -0.124. The number of nitrogens with one attached hydrogen (secondary N) is 3. The van der Waals surface area contributed by atoms with E-state index in [0.717, 1.165) is 15.4 Å². The number of carbonyl (C=O) groups excluding carboxylic acids is 2. The Morgan fingerprint density at radius 1 is 1.24 bits per heavy atom. The number of hydrogen-bond donors (Lipinski definition) is 3. The van der Waals surface area contributed by atoms with Crippen LogP contribution in [0.5, 0.6) is 0 Å². The minimum atomic E-state index is -0.569. The molecule has 3 N–H and O–H groups in total. The molecule has 2 heterocycles. The summed E-state index contributed by atoms with van der Waals surface area (Å²) in [5.41, 5.74) is 1.47. The molecule has 0 saturated carbocycles. The van der Waals surface area contributed by atoms with E-state index in [1.807, 2.05) is 30.3 Å². The number of carbonyl (C=O) groups is 2. The first-order valence-corrected chi connectivity index (χ1v) is 12.1. The first-order chi connectivity index (χ1) is 15.9. The number of nitrogens with zero attached hydrogens (tertiary/aromatic N) is 2. The maximum absolute atomic E-state index is 13.4. The fourth-order valence-corrected chi connectivity index (χ4v) is 5.13. The van der Waals surface area contributed by atoms with Crippen LogP contribution in [0.25, 0.3) is 10.4 Å². The standard InChI is InChI=1S/C22H21ClFN5O2S2/c1-29-18(22(31)27-14-7-8-16(24)15(23)9-14)10-17(28-33-29)21(30)26-12-20-25-11-19(32-20)13-5-3-2-4-6-13/h2-9,11,17-18,28H,10,12H2,1H3,(H,26,30)(H,27,31). The van der Waals surface area contributed by atoms with Gasteiger partial charge in [-0.3, -0.25) is 9.59 Å². The second-order valence-corrected chi connectivity index (χ2v) is 9.90. The summed E-state index contributed by atoms with van der Waals surface area (Å²) in [7, 11) is 1.76. The Morgan fingerprint density at radius 3 is 2.79 bits per heavy atom. The van der Waals surface area contributed by atoms with Crippen molar-refractivity contribution in [1.82, 2.24) is 19.3 Å². The Kier molecular flexibility index (Phi) is 7.61. The molecule has 1 aliphatic rings. The zero-order valence-corrected chi connectivity index (χ0v) is 19.9. The Hall–Kier alpha value is -2.50. The van der Waals surface area contributed by atoms with Crippen LogP contribution in [0.1, 0.15) is 11.4 Å². The highest BCUT2D eigenvalue weighted by Gasteiger charge is 2.35. The summed E-state index contributed by atoms with van der Waals surface area (Å²) in [6, 6.07) is 12.8. The first-order valence-electron chi connectivity index (χ1n) is 10.1. The monoisotopic (exact) mass is 505 g/mol. The molecule has 11 heteroatoms. The van der Waals surface area contributed by atoms with Crippen molar-refractivity contribution in [3.8, 4) is 10.4 Å². The average molecular weight is 506 g/mol. The molecular weight excluding hydrogens is 485 g/mol. The molecule has 2 amide bonds. The van der Waals surface area contributed by atoms with E-state index in [9.17, 15) is 14.0 Å². The van der Waals surface area contributed by atoms with Crippen molar-refractivity contribution < 1.29 is 14.0 Å². The van der Waals surface area contributed by atoms with Gasteiger partial charge < -0.3 is 10.6 Å². The van der Waals surface area contributed by atoms with Crippen molar-refractivity contribution in [2.24, 2.45) is 0 Å². The summed E-state index contributed by atoms with van der Waals surface area (Å²) in [5, 5.41) is 6.35. The fraction of sp³-hybridized carbons (Fsp3) is 0.227. The van der Waals surface area contributed by atoms with Crippen molar-refractivity contribution in [2.45, 2.75) is 25.0 Å². The second kappa shape index (κ2) is 10.6. The minimum absolute atomic E-state index is 0.0734. The summed E-state index contributed by atoms with van der Waals surface area (Å²) < 4.78 is 18.2. The van der Waals surface area contributed by atoms with E-state index in [2.05, 4.69) is 20.3 Å². The Bertz CT molecular complexity index is 1150. The normalized spacial score (nSPS) is 18.6. The van der Waals surface area contributed by atoms with Crippen LogP contribution in [0.15, 0.2) is 54.7 Å². The molecule has 4 rings (SSSR count). The third kappa shape index (κ3) is 5.90. The molecule has 7 nitrogen and oxygen atoms in total. The van der Waals surface area contributed by atoms with Gasteiger partial charge in [-0.15, -0.1) is 11.3 Å². The SMILES string of the molecule is CN1SNC(C(=O)NCc2ncc(-c3ccccc3)s2)CC1C(=O)Nc1ccc(F)c(Cl)c1. The predicted octanol–water partition coefficient (Wildman–Crippen LogP) is 4.08. The van der Waals surface area contributed by atoms with E-state index in [0.29, 0.717) is 12.2 Å². The molecule has 2 unspecified atom stereocenters. The van der Waals surface area contributed by atoms with E-state index < -0.39 is 17.9 Å². The van der Waals surface area contributed by atoms with Gasteiger partial charge in [-0.2, -0.15) is 0 Å². The first kappa shape index (κ1) is 23.7. The van der Waals surface area contributed by atoms with Gasteiger partial charge in [-0.25, -0.2) is 18.4 Å². The molecule has 1 aliphatic heterocycles. The number of aromatic nitrogens is 1. The molecule has 1 aromatic heterocycles. The fourth-order valence-electron chi connectivity index (χ4n) is 3.28. The number of benzene rings is 2. The molecule has 0 radical (unpaired) electrons. The van der Waals surface area contributed by atoms with Gasteiger partial charge in [0.15, 0.2) is 0 Å². The van der Waals surface area contributed by atoms with Crippen LogP contribution in [0, 0.1) is 5.82 Å². The number of thiazole rings is 1. The number of likely N-dealkylation sites (N-methyl/N-ethyl adjacent to an activating group) is 1. The van der Waals surface area contributed by atoms with Crippen LogP contribution in [-0.2, 0) is 16.1 Å². The molecule has 2 aromatic carbocycles. The lowest BCUT2D eigenvalue weighted by atomic mass is 10.1. The number of halogens is 2. The molecule has 2 atom stereocenters. The van der Waals surface area contributed by atoms with Gasteiger partial charge in [0.25, 0.3) is 0 Å². The van der Waals surface area contributed by atoms with Crippen LogP contribution in [0.3, 0.4) is 0 Å². The van der Waals surface area contributed by atoms with Gasteiger partial charge in [-0.1, -0.05) is 41.9 Å². The molecule has 1 fully saturated rings. The molecule has 172 valence electrons. The zero-order valence-electron chi connectivity index (χ0n) is 17.5. The smallest absolute Gasteiger partial charge is 0.242 e. The van der Waals surface area contributed by atoms with Crippen LogP contribution in [-0.4, -0.2) is 40.2 Å². The quantitative estimate of drug-likeness (QED) is 0.438. The second-order valence-electron chi connectivity index (χ2n) is 7.38. The van der Waals surface area contributed by atoms with E-state index in [1.165, 1.54) is 41.7 Å². The highest BCUT2D eigenvalue weighted by atomic mass is 35.5. The number of amides is 2. The van der Waals surface area contributed by atoms with Crippen molar-refractivity contribution >= 4 is 52.6 Å². The Labute approximate surface area is 204 Å². The lowest BCUT2D eigenvalue weighted by Crippen LogP contribution is -2.53. The van der Waals surface area contributed by atoms with Gasteiger partial charge in [-0.05, 0) is 37.2 Å². The number of hydrogen-bond acceptors (Lipinski definition) is 7. The zero-order chi connectivity index (χ0) is 23.4. The highest BCUT2D eigenvalue weighted by Crippen LogP contribution is 2.26. The van der Waals surface area contributed by atoms with Crippen LogP contribution in [0.2, 0.25) is 5.02 Å². The predicted molar refractivity (Wildman–Crippen MR) is 130 cm³/mol. The summed E-state index contributed by atoms with van der Waals surface area (Å²) in [5.74, 6) is -1.08. The molecule has 0 bridgehead atoms. The molecular formula is C22H21ClFN5O2S2. The summed E-state index contributed by atoms with van der Waals surface area (Å²) in [6.45, 7) is 0.306. The van der Waals surface area contributed by atoms with Crippen LogP contribution in [0.4, 0.5) is 10.1 Å². The summed E-state index contributed by atoms with van der Waals surface area (Å²) in [6.07, 6.45) is 2.07. The van der Waals surface area contributed by atoms with E-state index >= 15 is 0 Å². The van der Waals surface area contributed by atoms with Gasteiger partial charge in [0.05, 0.1) is 22.5 Å². The largest absolute Gasteiger partial charge is 0.348 e. The Balaban J connectivity index is 1.33. The summed E-state index contributed by atoms with van der Waals surface area (Å²) in [4.78, 5) is 31.0. The van der Waals surface area contributed by atoms with Crippen molar-refractivity contribution in [2.75, 3.05) is 12.4 Å². The molecule has 1 saturated heterocycles. The third-order valence-electron chi connectivity index (χ3n) is 5.07. The molecule has 3 aromatic rings. The molecule has 0 aliphatic carbocycles. The topological polar surface area (TPSA) is 86.4 Å². The summed E-state index contributed by atoms with van der Waals surface area (Å²) >= 11 is 8.51. The number of anilines is 1. The lowest BCUT2D eigenvalue weighted by Gasteiger charge is -2.34. The Morgan fingerprint density at radius 2 is 2.03 bits per heavy atom.